The van der Waals surface area contributed by atoms with E-state index in [1.54, 1.807) is 0 Å². The van der Waals surface area contributed by atoms with Crippen molar-refractivity contribution in [1.29, 1.82) is 0 Å². The predicted octanol–water partition coefficient (Wildman–Crippen LogP) is 16.6. The van der Waals surface area contributed by atoms with E-state index in [2.05, 4.69) is 93.7 Å². The first kappa shape index (κ1) is 57.9. The number of allylic oxidation sites excluding steroid dienone is 12. The molecule has 0 fully saturated rings. The summed E-state index contributed by atoms with van der Waals surface area (Å²) >= 11 is 0. The van der Waals surface area contributed by atoms with Crippen LogP contribution in [0.3, 0.4) is 0 Å². The highest BCUT2D eigenvalue weighted by Gasteiger charge is 2.19. The molecule has 0 aliphatic heterocycles. The molecule has 0 aromatic rings. The molecule has 0 heterocycles. The molecule has 1 atom stereocenters. The first-order valence-corrected chi connectivity index (χ1v) is 25.5. The lowest BCUT2D eigenvalue weighted by Crippen LogP contribution is -2.30. The number of rotatable bonds is 45. The number of ether oxygens (including phenoxy) is 3. The van der Waals surface area contributed by atoms with Crippen molar-refractivity contribution in [3.63, 3.8) is 0 Å². The third-order valence-corrected chi connectivity index (χ3v) is 10.8. The van der Waals surface area contributed by atoms with Crippen LogP contribution in [0.5, 0.6) is 0 Å². The number of hydrogen-bond donors (Lipinski definition) is 0. The van der Waals surface area contributed by atoms with Gasteiger partial charge in [-0.05, 0) is 77.0 Å². The smallest absolute Gasteiger partial charge is 0.306 e. The van der Waals surface area contributed by atoms with Gasteiger partial charge in [-0.25, -0.2) is 0 Å². The molecule has 61 heavy (non-hydrogen) atoms. The maximum atomic E-state index is 12.8. The van der Waals surface area contributed by atoms with E-state index in [9.17, 15) is 14.4 Å². The summed E-state index contributed by atoms with van der Waals surface area (Å²) in [6.07, 6.45) is 61.7. The Labute approximate surface area is 376 Å². The van der Waals surface area contributed by atoms with Crippen LogP contribution in [0.1, 0.15) is 239 Å². The maximum absolute atomic E-state index is 12.8. The van der Waals surface area contributed by atoms with E-state index in [-0.39, 0.29) is 31.1 Å². The average molecular weight is 851 g/mol. The van der Waals surface area contributed by atoms with Crippen LogP contribution in [0.4, 0.5) is 0 Å². The zero-order valence-corrected chi connectivity index (χ0v) is 39.9. The van der Waals surface area contributed by atoms with Gasteiger partial charge in [-0.2, -0.15) is 0 Å². The van der Waals surface area contributed by atoms with Gasteiger partial charge >= 0.3 is 17.9 Å². The van der Waals surface area contributed by atoms with E-state index < -0.39 is 6.10 Å². The van der Waals surface area contributed by atoms with Gasteiger partial charge in [0.2, 0.25) is 0 Å². The summed E-state index contributed by atoms with van der Waals surface area (Å²) in [5, 5.41) is 0. The Morgan fingerprint density at radius 1 is 0.361 bits per heavy atom. The highest BCUT2D eigenvalue weighted by atomic mass is 16.6. The molecule has 0 spiro atoms. The predicted molar refractivity (Wildman–Crippen MR) is 261 cm³/mol. The molecule has 0 aliphatic carbocycles. The van der Waals surface area contributed by atoms with Crippen molar-refractivity contribution < 1.29 is 28.6 Å². The maximum Gasteiger partial charge on any atom is 0.306 e. The lowest BCUT2D eigenvalue weighted by molar-refractivity contribution is -0.167. The van der Waals surface area contributed by atoms with Crippen LogP contribution in [-0.4, -0.2) is 37.2 Å². The molecule has 0 aromatic heterocycles. The molecule has 0 radical (unpaired) electrons. The molecule has 6 heteroatoms. The Morgan fingerprint density at radius 3 is 1.13 bits per heavy atom. The van der Waals surface area contributed by atoms with Gasteiger partial charge in [0.1, 0.15) is 13.2 Å². The largest absolute Gasteiger partial charge is 0.462 e. The second-order valence-corrected chi connectivity index (χ2v) is 16.8. The molecule has 0 saturated carbocycles. The SMILES string of the molecule is CC/C=C\C/C=C\C/C=C\CCCCCCCCC(=O)OC(COC(=O)CCCCCCC\C=C/C=C\C=C/CCCCCCC)COC(=O)CCCCCCCCCCC. The summed E-state index contributed by atoms with van der Waals surface area (Å²) in [7, 11) is 0. The van der Waals surface area contributed by atoms with Crippen LogP contribution in [0.2, 0.25) is 0 Å². The van der Waals surface area contributed by atoms with Gasteiger partial charge in [-0.15, -0.1) is 0 Å². The average Bonchev–Trinajstić information content (AvgIpc) is 3.26. The first-order valence-electron chi connectivity index (χ1n) is 25.5. The molecule has 0 bridgehead atoms. The van der Waals surface area contributed by atoms with Crippen molar-refractivity contribution in [3.8, 4) is 0 Å². The summed E-state index contributed by atoms with van der Waals surface area (Å²) in [4.78, 5) is 37.9. The molecule has 0 saturated heterocycles. The quantitative estimate of drug-likeness (QED) is 0.0200. The minimum atomic E-state index is -0.788. The second-order valence-electron chi connectivity index (χ2n) is 16.8. The van der Waals surface area contributed by atoms with Crippen LogP contribution < -0.4 is 0 Å². The van der Waals surface area contributed by atoms with Crippen LogP contribution in [0.15, 0.2) is 72.9 Å². The normalized spacial score (nSPS) is 12.6. The van der Waals surface area contributed by atoms with Gasteiger partial charge in [-0.1, -0.05) is 216 Å². The highest BCUT2D eigenvalue weighted by Crippen LogP contribution is 2.14. The van der Waals surface area contributed by atoms with Gasteiger partial charge in [0.05, 0.1) is 0 Å². The Morgan fingerprint density at radius 2 is 0.705 bits per heavy atom. The lowest BCUT2D eigenvalue weighted by atomic mass is 10.1. The fourth-order valence-corrected chi connectivity index (χ4v) is 6.93. The Bertz CT molecular complexity index is 1160. The minimum Gasteiger partial charge on any atom is -0.462 e. The van der Waals surface area contributed by atoms with Gasteiger partial charge in [0, 0.05) is 19.3 Å². The molecule has 0 N–H and O–H groups in total. The third kappa shape index (κ3) is 47.7. The highest BCUT2D eigenvalue weighted by molar-refractivity contribution is 5.71. The summed E-state index contributed by atoms with van der Waals surface area (Å²) in [6, 6.07) is 0. The molecule has 1 unspecified atom stereocenters. The van der Waals surface area contributed by atoms with E-state index in [1.807, 2.05) is 0 Å². The number of hydrogen-bond acceptors (Lipinski definition) is 6. The minimum absolute atomic E-state index is 0.0869. The Balaban J connectivity index is 4.39. The van der Waals surface area contributed by atoms with Crippen molar-refractivity contribution in [3.05, 3.63) is 72.9 Å². The number of carbonyl (C=O) groups excluding carboxylic acids is 3. The van der Waals surface area contributed by atoms with Crippen molar-refractivity contribution in [2.45, 2.75) is 245 Å². The molecular formula is C55H94O6. The Kier molecular flexibility index (Phi) is 46.9. The number of esters is 3. The van der Waals surface area contributed by atoms with Crippen molar-refractivity contribution in [1.82, 2.24) is 0 Å². The molecule has 0 aromatic carbocycles. The van der Waals surface area contributed by atoms with Crippen LogP contribution in [-0.2, 0) is 28.6 Å². The van der Waals surface area contributed by atoms with Crippen molar-refractivity contribution >= 4 is 17.9 Å². The van der Waals surface area contributed by atoms with Crippen molar-refractivity contribution in [2.75, 3.05) is 13.2 Å². The second kappa shape index (κ2) is 49.5. The molecule has 0 amide bonds. The van der Waals surface area contributed by atoms with Gasteiger partial charge < -0.3 is 14.2 Å². The van der Waals surface area contributed by atoms with E-state index in [0.29, 0.717) is 19.3 Å². The molecule has 0 rings (SSSR count). The Hall–Kier alpha value is -3.15. The van der Waals surface area contributed by atoms with Gasteiger partial charge in [-0.3, -0.25) is 14.4 Å². The van der Waals surface area contributed by atoms with Crippen LogP contribution in [0, 0.1) is 0 Å². The first-order chi connectivity index (χ1) is 30.0. The molecule has 6 nitrogen and oxygen atoms in total. The van der Waals surface area contributed by atoms with Crippen molar-refractivity contribution in [2.24, 2.45) is 0 Å². The van der Waals surface area contributed by atoms with E-state index in [0.717, 1.165) is 109 Å². The number of carbonyl (C=O) groups is 3. The summed E-state index contributed by atoms with van der Waals surface area (Å²) < 4.78 is 16.7. The van der Waals surface area contributed by atoms with E-state index in [1.165, 1.54) is 89.9 Å². The standard InChI is InChI=1S/C55H94O6/c1-4-7-10-13-16-19-21-23-25-27-28-30-31-33-36-39-42-45-48-54(57)60-51-52(50-59-53(56)47-44-41-38-35-18-15-12-9-6-3)61-55(58)49-46-43-40-37-34-32-29-26-24-22-20-17-14-11-8-5-2/h8,11,17,20-21,23-28,30,52H,4-7,9-10,12-16,18-19,22,29,31-51H2,1-3H3/b11-8-,20-17-,23-21-,26-24-,27-25-,30-28-. The van der Waals surface area contributed by atoms with E-state index >= 15 is 0 Å². The lowest BCUT2D eigenvalue weighted by Gasteiger charge is -2.18. The summed E-state index contributed by atoms with van der Waals surface area (Å²) in [6.45, 7) is 6.46. The zero-order valence-electron chi connectivity index (χ0n) is 39.9. The molecule has 0 aliphatic rings. The molecular weight excluding hydrogens is 757 g/mol. The third-order valence-electron chi connectivity index (χ3n) is 10.8. The topological polar surface area (TPSA) is 78.9 Å². The fourth-order valence-electron chi connectivity index (χ4n) is 6.93. The van der Waals surface area contributed by atoms with E-state index in [4.69, 9.17) is 14.2 Å². The summed E-state index contributed by atoms with van der Waals surface area (Å²) in [5.41, 5.74) is 0. The zero-order chi connectivity index (χ0) is 44.4. The van der Waals surface area contributed by atoms with Gasteiger partial charge in [0.15, 0.2) is 6.10 Å². The monoisotopic (exact) mass is 851 g/mol. The number of unbranched alkanes of at least 4 members (excludes halogenated alkanes) is 24. The molecule has 350 valence electrons. The fraction of sp³-hybridized carbons (Fsp3) is 0.727. The van der Waals surface area contributed by atoms with Gasteiger partial charge in [0.25, 0.3) is 0 Å². The van der Waals surface area contributed by atoms with Crippen LogP contribution in [0.25, 0.3) is 0 Å². The summed E-state index contributed by atoms with van der Waals surface area (Å²) in [5.74, 6) is -0.922. The van der Waals surface area contributed by atoms with Crippen LogP contribution >= 0.6 is 0 Å².